The van der Waals surface area contributed by atoms with Crippen LogP contribution in [0.3, 0.4) is 0 Å². The lowest BCUT2D eigenvalue weighted by Crippen LogP contribution is -2.46. The topological polar surface area (TPSA) is 54.6 Å². The van der Waals surface area contributed by atoms with Crippen molar-refractivity contribution in [3.63, 3.8) is 0 Å². The summed E-state index contributed by atoms with van der Waals surface area (Å²) in [4.78, 5) is 9.40. The minimum Gasteiger partial charge on any atom is -0.496 e. The molecule has 0 spiro atoms. The van der Waals surface area contributed by atoms with Crippen LogP contribution in [0.4, 0.5) is 0 Å². The van der Waals surface area contributed by atoms with Gasteiger partial charge in [0.1, 0.15) is 5.75 Å². The van der Waals surface area contributed by atoms with E-state index in [1.807, 2.05) is 24.3 Å². The van der Waals surface area contributed by atoms with E-state index in [1.165, 1.54) is 13.0 Å². The van der Waals surface area contributed by atoms with E-state index in [0.29, 0.717) is 18.3 Å². The van der Waals surface area contributed by atoms with Gasteiger partial charge in [-0.25, -0.2) is 0 Å². The Balaban J connectivity index is 1.62. The van der Waals surface area contributed by atoms with Crippen molar-refractivity contribution in [2.75, 3.05) is 39.8 Å². The maximum atomic E-state index is 5.42. The fraction of sp³-hybridized carbons (Fsp3) is 0.529. The van der Waals surface area contributed by atoms with Crippen molar-refractivity contribution < 1.29 is 9.26 Å². The molecule has 0 N–H and O–H groups in total. The average molecular weight is 316 g/mol. The molecule has 6 nitrogen and oxygen atoms in total. The van der Waals surface area contributed by atoms with Gasteiger partial charge in [0.05, 0.1) is 19.2 Å². The Hall–Kier alpha value is -1.92. The third-order valence-electron chi connectivity index (χ3n) is 4.18. The molecule has 1 saturated heterocycles. The standard InChI is InChI=1S/C17H24N4O2/c1-3-8-20-9-11-21(12-10-20)13-16-18-17(19-23-16)14-6-4-5-7-15(14)22-2/h4-7H,3,8-13H2,1-2H3. The number of ether oxygens (including phenoxy) is 1. The summed E-state index contributed by atoms with van der Waals surface area (Å²) in [6.07, 6.45) is 1.21. The van der Waals surface area contributed by atoms with E-state index in [-0.39, 0.29) is 0 Å². The molecule has 1 aliphatic heterocycles. The van der Waals surface area contributed by atoms with Crippen LogP contribution in [0.5, 0.6) is 5.75 Å². The lowest BCUT2D eigenvalue weighted by Gasteiger charge is -2.33. The molecule has 0 bridgehead atoms. The molecule has 124 valence electrons. The second kappa shape index (κ2) is 7.57. The van der Waals surface area contributed by atoms with Gasteiger partial charge in [0, 0.05) is 26.2 Å². The van der Waals surface area contributed by atoms with Crippen LogP contribution >= 0.6 is 0 Å². The number of piperazine rings is 1. The first kappa shape index (κ1) is 16.0. The lowest BCUT2D eigenvalue weighted by molar-refractivity contribution is 0.117. The molecule has 3 rings (SSSR count). The van der Waals surface area contributed by atoms with Crippen LogP contribution in [0, 0.1) is 0 Å². The molecule has 1 aliphatic rings. The Bertz CT molecular complexity index is 621. The molecule has 0 atom stereocenters. The van der Waals surface area contributed by atoms with Crippen LogP contribution in [0.25, 0.3) is 11.4 Å². The average Bonchev–Trinajstić information content (AvgIpc) is 3.05. The first-order valence-corrected chi connectivity index (χ1v) is 8.21. The molecule has 1 aromatic heterocycles. The highest BCUT2D eigenvalue weighted by atomic mass is 16.5. The summed E-state index contributed by atoms with van der Waals surface area (Å²) in [5.41, 5.74) is 0.859. The number of para-hydroxylation sites is 1. The number of aromatic nitrogens is 2. The van der Waals surface area contributed by atoms with Crippen molar-refractivity contribution in [1.82, 2.24) is 19.9 Å². The molecular weight excluding hydrogens is 292 g/mol. The van der Waals surface area contributed by atoms with Gasteiger partial charge in [0.15, 0.2) is 0 Å². The van der Waals surface area contributed by atoms with Crippen molar-refractivity contribution in [3.05, 3.63) is 30.2 Å². The first-order chi connectivity index (χ1) is 11.3. The monoisotopic (exact) mass is 316 g/mol. The summed E-state index contributed by atoms with van der Waals surface area (Å²) in [6, 6.07) is 7.72. The van der Waals surface area contributed by atoms with Crippen molar-refractivity contribution in [1.29, 1.82) is 0 Å². The molecule has 0 amide bonds. The van der Waals surface area contributed by atoms with Gasteiger partial charge < -0.3 is 14.2 Å². The predicted molar refractivity (Wildman–Crippen MR) is 88.3 cm³/mol. The van der Waals surface area contributed by atoms with Crippen LogP contribution in [0.2, 0.25) is 0 Å². The Morgan fingerprint density at radius 2 is 1.87 bits per heavy atom. The molecule has 0 aliphatic carbocycles. The fourth-order valence-corrected chi connectivity index (χ4v) is 2.94. The quantitative estimate of drug-likeness (QED) is 0.815. The highest BCUT2D eigenvalue weighted by Gasteiger charge is 2.19. The van der Waals surface area contributed by atoms with E-state index in [4.69, 9.17) is 9.26 Å². The molecule has 0 radical (unpaired) electrons. The third kappa shape index (κ3) is 3.89. The van der Waals surface area contributed by atoms with Crippen molar-refractivity contribution in [3.8, 4) is 17.1 Å². The fourth-order valence-electron chi connectivity index (χ4n) is 2.94. The van der Waals surface area contributed by atoms with Gasteiger partial charge in [-0.3, -0.25) is 4.90 Å². The molecule has 2 aromatic rings. The van der Waals surface area contributed by atoms with Crippen LogP contribution in [-0.4, -0.2) is 59.8 Å². The minimum atomic E-state index is 0.585. The van der Waals surface area contributed by atoms with E-state index < -0.39 is 0 Å². The summed E-state index contributed by atoms with van der Waals surface area (Å²) in [5.74, 6) is 2.00. The van der Waals surface area contributed by atoms with Crippen molar-refractivity contribution >= 4 is 0 Å². The summed E-state index contributed by atoms with van der Waals surface area (Å²) in [6.45, 7) is 8.44. The summed E-state index contributed by atoms with van der Waals surface area (Å²) in [7, 11) is 1.65. The smallest absolute Gasteiger partial charge is 0.241 e. The zero-order valence-corrected chi connectivity index (χ0v) is 13.9. The zero-order chi connectivity index (χ0) is 16.1. The Labute approximate surface area is 137 Å². The number of hydrogen-bond donors (Lipinski definition) is 0. The highest BCUT2D eigenvalue weighted by molar-refractivity contribution is 5.63. The largest absolute Gasteiger partial charge is 0.496 e. The molecule has 0 unspecified atom stereocenters. The van der Waals surface area contributed by atoms with Crippen molar-refractivity contribution in [2.45, 2.75) is 19.9 Å². The van der Waals surface area contributed by atoms with Gasteiger partial charge in [-0.1, -0.05) is 24.2 Å². The normalized spacial score (nSPS) is 16.6. The summed E-state index contributed by atoms with van der Waals surface area (Å²) < 4.78 is 10.8. The maximum Gasteiger partial charge on any atom is 0.241 e. The molecule has 0 saturated carbocycles. The second-order valence-corrected chi connectivity index (χ2v) is 5.83. The number of benzene rings is 1. The number of methoxy groups -OCH3 is 1. The summed E-state index contributed by atoms with van der Waals surface area (Å²) >= 11 is 0. The molecule has 23 heavy (non-hydrogen) atoms. The van der Waals surface area contributed by atoms with Gasteiger partial charge in [-0.2, -0.15) is 4.98 Å². The van der Waals surface area contributed by atoms with E-state index in [9.17, 15) is 0 Å². The van der Waals surface area contributed by atoms with Gasteiger partial charge in [0.2, 0.25) is 11.7 Å². The lowest BCUT2D eigenvalue weighted by atomic mass is 10.2. The second-order valence-electron chi connectivity index (χ2n) is 5.83. The first-order valence-electron chi connectivity index (χ1n) is 8.21. The van der Waals surface area contributed by atoms with E-state index in [2.05, 4.69) is 26.9 Å². The minimum absolute atomic E-state index is 0.585. The van der Waals surface area contributed by atoms with E-state index in [0.717, 1.165) is 37.5 Å². The number of nitrogens with zero attached hydrogens (tertiary/aromatic N) is 4. The Morgan fingerprint density at radius 1 is 1.13 bits per heavy atom. The van der Waals surface area contributed by atoms with Gasteiger partial charge >= 0.3 is 0 Å². The highest BCUT2D eigenvalue weighted by Crippen LogP contribution is 2.27. The van der Waals surface area contributed by atoms with Gasteiger partial charge in [-0.15, -0.1) is 0 Å². The molecular formula is C17H24N4O2. The van der Waals surface area contributed by atoms with Crippen LogP contribution < -0.4 is 4.74 Å². The molecule has 1 aromatic carbocycles. The Morgan fingerprint density at radius 3 is 2.61 bits per heavy atom. The summed E-state index contributed by atoms with van der Waals surface area (Å²) in [5, 5.41) is 4.10. The van der Waals surface area contributed by atoms with Crippen molar-refractivity contribution in [2.24, 2.45) is 0 Å². The van der Waals surface area contributed by atoms with Crippen LogP contribution in [0.15, 0.2) is 28.8 Å². The van der Waals surface area contributed by atoms with E-state index >= 15 is 0 Å². The van der Waals surface area contributed by atoms with Gasteiger partial charge in [-0.05, 0) is 25.1 Å². The molecule has 1 fully saturated rings. The van der Waals surface area contributed by atoms with Gasteiger partial charge in [0.25, 0.3) is 0 Å². The van der Waals surface area contributed by atoms with Crippen LogP contribution in [0.1, 0.15) is 19.2 Å². The predicted octanol–water partition coefficient (Wildman–Crippen LogP) is 2.27. The Kier molecular flexibility index (Phi) is 5.25. The number of hydrogen-bond acceptors (Lipinski definition) is 6. The third-order valence-corrected chi connectivity index (χ3v) is 4.18. The molecule has 2 heterocycles. The SMILES string of the molecule is CCCN1CCN(Cc2nc(-c3ccccc3OC)no2)CC1. The number of rotatable bonds is 6. The maximum absolute atomic E-state index is 5.42. The van der Waals surface area contributed by atoms with E-state index in [1.54, 1.807) is 7.11 Å². The molecule has 6 heteroatoms. The van der Waals surface area contributed by atoms with Crippen LogP contribution in [-0.2, 0) is 6.54 Å². The zero-order valence-electron chi connectivity index (χ0n) is 13.9.